The van der Waals surface area contributed by atoms with Crippen LogP contribution in [0.15, 0.2) is 36.7 Å². The normalized spacial score (nSPS) is 10.1. The number of rotatable bonds is 2. The minimum Gasteiger partial charge on any atom is -0.396 e. The number of carbonyl (C=O) groups is 1. The summed E-state index contributed by atoms with van der Waals surface area (Å²) in [5.74, 6) is -1.84. The van der Waals surface area contributed by atoms with E-state index in [1.54, 1.807) is 0 Å². The number of anilines is 2. The first-order valence-corrected chi connectivity index (χ1v) is 5.04. The summed E-state index contributed by atoms with van der Waals surface area (Å²) in [7, 11) is 0. The van der Waals surface area contributed by atoms with E-state index < -0.39 is 17.5 Å². The van der Waals surface area contributed by atoms with E-state index in [0.717, 1.165) is 12.3 Å². The van der Waals surface area contributed by atoms with Gasteiger partial charge in [0.05, 0.1) is 17.6 Å². The zero-order chi connectivity index (χ0) is 13.1. The van der Waals surface area contributed by atoms with Gasteiger partial charge in [0.15, 0.2) is 5.82 Å². The van der Waals surface area contributed by atoms with Gasteiger partial charge in [-0.2, -0.15) is 0 Å². The molecule has 1 amide bonds. The molecule has 0 atom stereocenters. The van der Waals surface area contributed by atoms with Gasteiger partial charge < -0.3 is 11.1 Å². The van der Waals surface area contributed by atoms with Crippen LogP contribution in [0.1, 0.15) is 10.4 Å². The highest BCUT2D eigenvalue weighted by molar-refractivity contribution is 6.04. The van der Waals surface area contributed by atoms with E-state index in [0.29, 0.717) is 0 Å². The average molecular weight is 249 g/mol. The maximum absolute atomic E-state index is 13.2. The molecule has 0 aliphatic carbocycles. The van der Waals surface area contributed by atoms with Crippen LogP contribution in [-0.4, -0.2) is 10.9 Å². The molecule has 1 aromatic carbocycles. The minimum absolute atomic E-state index is 0.00195. The van der Waals surface area contributed by atoms with Gasteiger partial charge in [0, 0.05) is 11.8 Å². The van der Waals surface area contributed by atoms with Crippen LogP contribution in [-0.2, 0) is 0 Å². The molecule has 1 aromatic heterocycles. The number of benzene rings is 1. The van der Waals surface area contributed by atoms with Crippen molar-refractivity contribution in [2.45, 2.75) is 0 Å². The fourth-order valence-electron chi connectivity index (χ4n) is 1.36. The van der Waals surface area contributed by atoms with Crippen LogP contribution in [0, 0.1) is 11.6 Å². The largest absolute Gasteiger partial charge is 0.396 e. The van der Waals surface area contributed by atoms with E-state index in [9.17, 15) is 13.6 Å². The number of nitrogens with zero attached hydrogens (tertiary/aromatic N) is 1. The molecule has 4 nitrogen and oxygen atoms in total. The lowest BCUT2D eigenvalue weighted by Crippen LogP contribution is -2.13. The molecular weight excluding hydrogens is 240 g/mol. The number of nitrogens with two attached hydrogens (primary N) is 1. The predicted molar refractivity (Wildman–Crippen MR) is 63.0 cm³/mol. The van der Waals surface area contributed by atoms with Gasteiger partial charge in [-0.3, -0.25) is 9.78 Å². The zero-order valence-corrected chi connectivity index (χ0v) is 9.15. The predicted octanol–water partition coefficient (Wildman–Crippen LogP) is 2.19. The summed E-state index contributed by atoms with van der Waals surface area (Å²) in [6, 6.07) is 4.84. The second-order valence-corrected chi connectivity index (χ2v) is 3.55. The summed E-state index contributed by atoms with van der Waals surface area (Å²) in [6.07, 6.45) is 2.33. The highest BCUT2D eigenvalue weighted by Crippen LogP contribution is 2.16. The summed E-state index contributed by atoms with van der Waals surface area (Å²) in [6.45, 7) is 0. The third kappa shape index (κ3) is 2.42. The molecule has 6 heteroatoms. The lowest BCUT2D eigenvalue weighted by molar-refractivity contribution is 0.102. The number of aromatic nitrogens is 1. The van der Waals surface area contributed by atoms with Gasteiger partial charge in [-0.25, -0.2) is 8.78 Å². The van der Waals surface area contributed by atoms with Gasteiger partial charge in [-0.05, 0) is 24.3 Å². The SMILES string of the molecule is Nc1cc(C(=O)Nc2ccncc2F)ccc1F. The first kappa shape index (κ1) is 12.0. The summed E-state index contributed by atoms with van der Waals surface area (Å²) < 4.78 is 26.2. The van der Waals surface area contributed by atoms with Crippen LogP contribution in [0.5, 0.6) is 0 Å². The monoisotopic (exact) mass is 249 g/mol. The number of amides is 1. The molecule has 0 radical (unpaired) electrons. The number of nitrogens with one attached hydrogen (secondary N) is 1. The number of pyridine rings is 1. The van der Waals surface area contributed by atoms with Gasteiger partial charge >= 0.3 is 0 Å². The van der Waals surface area contributed by atoms with E-state index in [1.807, 2.05) is 0 Å². The molecule has 0 bridgehead atoms. The first-order valence-electron chi connectivity index (χ1n) is 5.04. The molecular formula is C12H9F2N3O. The smallest absolute Gasteiger partial charge is 0.255 e. The Hall–Kier alpha value is -2.50. The Bertz CT molecular complexity index is 602. The van der Waals surface area contributed by atoms with Crippen molar-refractivity contribution >= 4 is 17.3 Å². The number of carbonyl (C=O) groups excluding carboxylic acids is 1. The molecule has 0 spiro atoms. The van der Waals surface area contributed by atoms with Crippen LogP contribution in [0.2, 0.25) is 0 Å². The van der Waals surface area contributed by atoms with Crippen LogP contribution in [0.25, 0.3) is 0 Å². The summed E-state index contributed by atoms with van der Waals surface area (Å²) in [5, 5.41) is 2.34. The molecule has 18 heavy (non-hydrogen) atoms. The maximum Gasteiger partial charge on any atom is 0.255 e. The van der Waals surface area contributed by atoms with E-state index in [4.69, 9.17) is 5.73 Å². The van der Waals surface area contributed by atoms with Gasteiger partial charge in [-0.1, -0.05) is 0 Å². The molecule has 0 saturated heterocycles. The standard InChI is InChI=1S/C12H9F2N3O/c13-8-2-1-7(5-10(8)15)12(18)17-11-3-4-16-6-9(11)14/h1-6H,15H2,(H,16,17,18). The van der Waals surface area contributed by atoms with Crippen molar-refractivity contribution in [2.75, 3.05) is 11.1 Å². The summed E-state index contributed by atoms with van der Waals surface area (Å²) in [5.41, 5.74) is 5.34. The quantitative estimate of drug-likeness (QED) is 0.801. The highest BCUT2D eigenvalue weighted by Gasteiger charge is 2.10. The second kappa shape index (κ2) is 4.79. The zero-order valence-electron chi connectivity index (χ0n) is 9.15. The Morgan fingerprint density at radius 3 is 2.67 bits per heavy atom. The Morgan fingerprint density at radius 1 is 1.22 bits per heavy atom. The fourth-order valence-corrected chi connectivity index (χ4v) is 1.36. The van der Waals surface area contributed by atoms with E-state index >= 15 is 0 Å². The van der Waals surface area contributed by atoms with E-state index in [1.165, 1.54) is 24.4 Å². The molecule has 0 fully saturated rings. The Kier molecular flexibility index (Phi) is 3.18. The number of halogens is 2. The topological polar surface area (TPSA) is 68.0 Å². The summed E-state index contributed by atoms with van der Waals surface area (Å²) in [4.78, 5) is 15.3. The molecule has 92 valence electrons. The van der Waals surface area contributed by atoms with Crippen LogP contribution >= 0.6 is 0 Å². The molecule has 0 saturated carbocycles. The van der Waals surface area contributed by atoms with Crippen molar-refractivity contribution in [3.05, 3.63) is 53.9 Å². The second-order valence-electron chi connectivity index (χ2n) is 3.55. The van der Waals surface area contributed by atoms with Crippen molar-refractivity contribution in [1.82, 2.24) is 4.98 Å². The van der Waals surface area contributed by atoms with Gasteiger partial charge in [0.1, 0.15) is 5.82 Å². The highest BCUT2D eigenvalue weighted by atomic mass is 19.1. The fraction of sp³-hybridized carbons (Fsp3) is 0. The van der Waals surface area contributed by atoms with Gasteiger partial charge in [0.2, 0.25) is 0 Å². The maximum atomic E-state index is 13.2. The molecule has 3 N–H and O–H groups in total. The van der Waals surface area contributed by atoms with Crippen molar-refractivity contribution in [3.63, 3.8) is 0 Å². The van der Waals surface area contributed by atoms with Gasteiger partial charge in [-0.15, -0.1) is 0 Å². The third-order valence-electron chi connectivity index (χ3n) is 2.28. The first-order chi connectivity index (χ1) is 8.58. The van der Waals surface area contributed by atoms with Crippen LogP contribution < -0.4 is 11.1 Å². The molecule has 0 aliphatic rings. The Morgan fingerprint density at radius 2 is 2.00 bits per heavy atom. The Balaban J connectivity index is 2.22. The lowest BCUT2D eigenvalue weighted by atomic mass is 10.2. The van der Waals surface area contributed by atoms with Crippen molar-refractivity contribution in [3.8, 4) is 0 Å². The number of nitrogen functional groups attached to an aromatic ring is 1. The van der Waals surface area contributed by atoms with Crippen molar-refractivity contribution < 1.29 is 13.6 Å². The summed E-state index contributed by atoms with van der Waals surface area (Å²) >= 11 is 0. The molecule has 0 unspecified atom stereocenters. The van der Waals surface area contributed by atoms with Gasteiger partial charge in [0.25, 0.3) is 5.91 Å². The minimum atomic E-state index is -0.652. The number of hydrogen-bond donors (Lipinski definition) is 2. The number of hydrogen-bond acceptors (Lipinski definition) is 3. The van der Waals surface area contributed by atoms with Crippen LogP contribution in [0.4, 0.5) is 20.2 Å². The van der Waals surface area contributed by atoms with E-state index in [-0.39, 0.29) is 16.9 Å². The average Bonchev–Trinajstić information content (AvgIpc) is 2.35. The van der Waals surface area contributed by atoms with Crippen molar-refractivity contribution in [1.29, 1.82) is 0 Å². The third-order valence-corrected chi connectivity index (χ3v) is 2.28. The molecule has 1 heterocycles. The van der Waals surface area contributed by atoms with Crippen LogP contribution in [0.3, 0.4) is 0 Å². The lowest BCUT2D eigenvalue weighted by Gasteiger charge is -2.06. The van der Waals surface area contributed by atoms with E-state index in [2.05, 4.69) is 10.3 Å². The molecule has 0 aliphatic heterocycles. The molecule has 2 aromatic rings. The van der Waals surface area contributed by atoms with Crippen molar-refractivity contribution in [2.24, 2.45) is 0 Å². The Labute approximate surface area is 101 Å². The molecule has 2 rings (SSSR count).